The molecule has 0 aliphatic rings. The molecule has 1 aromatic carbocycles. The fourth-order valence-electron chi connectivity index (χ4n) is 1.85. The third-order valence-corrected chi connectivity index (χ3v) is 3.34. The third-order valence-electron chi connectivity index (χ3n) is 2.75. The Morgan fingerprint density at radius 1 is 1.17 bits per heavy atom. The number of nitrogens with zero attached hydrogens (tertiary/aromatic N) is 3. The summed E-state index contributed by atoms with van der Waals surface area (Å²) in [7, 11) is 0. The molecule has 2 aromatic heterocycles. The third kappa shape index (κ3) is 2.07. The van der Waals surface area contributed by atoms with Crippen molar-refractivity contribution in [3.63, 3.8) is 0 Å². The fraction of sp³-hybridized carbons (Fsp3) is 0.0769. The van der Waals surface area contributed by atoms with E-state index in [9.17, 15) is 0 Å². The van der Waals surface area contributed by atoms with Gasteiger partial charge in [-0.3, -0.25) is 9.67 Å². The number of benzene rings is 1. The van der Waals surface area contributed by atoms with Gasteiger partial charge in [0.2, 0.25) is 0 Å². The highest BCUT2D eigenvalue weighted by Crippen LogP contribution is 2.22. The Hall–Kier alpha value is -1.58. The summed E-state index contributed by atoms with van der Waals surface area (Å²) in [6.07, 6.45) is 3.50. The zero-order valence-electron chi connectivity index (χ0n) is 9.35. The Morgan fingerprint density at radius 3 is 2.89 bits per heavy atom. The summed E-state index contributed by atoms with van der Waals surface area (Å²) >= 11 is 12.0. The smallest absolute Gasteiger partial charge is 0.108 e. The number of aromatic nitrogens is 3. The Labute approximate surface area is 114 Å². The lowest BCUT2D eigenvalue weighted by Crippen LogP contribution is -2.01. The second-order valence-corrected chi connectivity index (χ2v) is 4.79. The van der Waals surface area contributed by atoms with Crippen molar-refractivity contribution in [3.8, 4) is 0 Å². The molecule has 0 aliphatic carbocycles. The van der Waals surface area contributed by atoms with Crippen molar-refractivity contribution in [1.82, 2.24) is 14.8 Å². The summed E-state index contributed by atoms with van der Waals surface area (Å²) in [6, 6.07) is 9.35. The maximum atomic E-state index is 6.16. The standard InChI is InChI=1S/C13H9Cl2N3/c14-10-4-3-9(11(15)6-10)8-18-13-2-1-5-16-12(13)7-17-18/h1-7H,8H2. The van der Waals surface area contributed by atoms with Gasteiger partial charge >= 0.3 is 0 Å². The number of pyridine rings is 1. The van der Waals surface area contributed by atoms with Crippen LogP contribution in [0.15, 0.2) is 42.7 Å². The first kappa shape index (κ1) is 11.5. The van der Waals surface area contributed by atoms with E-state index in [-0.39, 0.29) is 0 Å². The van der Waals surface area contributed by atoms with E-state index in [0.717, 1.165) is 16.6 Å². The summed E-state index contributed by atoms with van der Waals surface area (Å²) in [5.74, 6) is 0. The van der Waals surface area contributed by atoms with Crippen LogP contribution in [0, 0.1) is 0 Å². The summed E-state index contributed by atoms with van der Waals surface area (Å²) < 4.78 is 1.87. The maximum Gasteiger partial charge on any atom is 0.108 e. The number of halogens is 2. The predicted molar refractivity (Wildman–Crippen MR) is 73.1 cm³/mol. The van der Waals surface area contributed by atoms with Crippen molar-refractivity contribution in [2.75, 3.05) is 0 Å². The van der Waals surface area contributed by atoms with Crippen LogP contribution in [0.3, 0.4) is 0 Å². The zero-order valence-corrected chi connectivity index (χ0v) is 10.9. The van der Waals surface area contributed by atoms with Crippen molar-refractivity contribution in [1.29, 1.82) is 0 Å². The summed E-state index contributed by atoms with van der Waals surface area (Å²) in [5, 5.41) is 5.60. The lowest BCUT2D eigenvalue weighted by molar-refractivity contribution is 0.712. The Morgan fingerprint density at radius 2 is 2.06 bits per heavy atom. The van der Waals surface area contributed by atoms with Crippen LogP contribution in [0.25, 0.3) is 11.0 Å². The molecule has 0 saturated carbocycles. The van der Waals surface area contributed by atoms with E-state index in [1.165, 1.54) is 0 Å². The number of hydrogen-bond donors (Lipinski definition) is 0. The first-order valence-electron chi connectivity index (χ1n) is 5.44. The van der Waals surface area contributed by atoms with Gasteiger partial charge in [0, 0.05) is 16.2 Å². The predicted octanol–water partition coefficient (Wildman–Crippen LogP) is 3.79. The van der Waals surface area contributed by atoms with E-state index in [2.05, 4.69) is 10.1 Å². The van der Waals surface area contributed by atoms with Crippen LogP contribution >= 0.6 is 23.2 Å². The van der Waals surface area contributed by atoms with Gasteiger partial charge < -0.3 is 0 Å². The van der Waals surface area contributed by atoms with E-state index in [0.29, 0.717) is 16.6 Å². The quantitative estimate of drug-likeness (QED) is 0.714. The van der Waals surface area contributed by atoms with Crippen molar-refractivity contribution in [2.45, 2.75) is 6.54 Å². The van der Waals surface area contributed by atoms with Gasteiger partial charge in [-0.05, 0) is 29.8 Å². The molecule has 0 saturated heterocycles. The molecule has 3 aromatic rings. The van der Waals surface area contributed by atoms with Gasteiger partial charge in [-0.25, -0.2) is 0 Å². The molecule has 3 rings (SSSR count). The molecule has 0 fully saturated rings. The minimum atomic E-state index is 0.602. The van der Waals surface area contributed by atoms with Gasteiger partial charge in [0.1, 0.15) is 5.52 Å². The summed E-state index contributed by atoms with van der Waals surface area (Å²) in [6.45, 7) is 0.602. The second-order valence-electron chi connectivity index (χ2n) is 3.95. The fourth-order valence-corrected chi connectivity index (χ4v) is 2.32. The van der Waals surface area contributed by atoms with E-state index in [4.69, 9.17) is 23.2 Å². The van der Waals surface area contributed by atoms with Crippen molar-refractivity contribution >= 4 is 34.2 Å². The molecule has 0 radical (unpaired) electrons. The van der Waals surface area contributed by atoms with Crippen LogP contribution in [-0.4, -0.2) is 14.8 Å². The molecule has 0 bridgehead atoms. The molecule has 3 nitrogen and oxygen atoms in total. The molecule has 0 spiro atoms. The molecule has 0 N–H and O–H groups in total. The zero-order chi connectivity index (χ0) is 12.5. The first-order chi connectivity index (χ1) is 8.74. The largest absolute Gasteiger partial charge is 0.259 e. The Kier molecular flexibility index (Phi) is 2.94. The van der Waals surface area contributed by atoms with Crippen molar-refractivity contribution < 1.29 is 0 Å². The van der Waals surface area contributed by atoms with Gasteiger partial charge in [0.05, 0.1) is 18.3 Å². The molecule has 0 amide bonds. The molecular formula is C13H9Cl2N3. The molecule has 90 valence electrons. The minimum absolute atomic E-state index is 0.602. The Balaban J connectivity index is 2.01. The van der Waals surface area contributed by atoms with E-state index >= 15 is 0 Å². The van der Waals surface area contributed by atoms with Gasteiger partial charge in [0.25, 0.3) is 0 Å². The van der Waals surface area contributed by atoms with Gasteiger partial charge in [-0.1, -0.05) is 29.3 Å². The molecular weight excluding hydrogens is 269 g/mol. The monoisotopic (exact) mass is 277 g/mol. The Bertz CT molecular complexity index is 706. The lowest BCUT2D eigenvalue weighted by Gasteiger charge is -2.06. The number of fused-ring (bicyclic) bond motifs is 1. The van der Waals surface area contributed by atoms with Crippen LogP contribution in [0.1, 0.15) is 5.56 Å². The minimum Gasteiger partial charge on any atom is -0.259 e. The lowest BCUT2D eigenvalue weighted by atomic mass is 10.2. The second kappa shape index (κ2) is 4.59. The van der Waals surface area contributed by atoms with Crippen molar-refractivity contribution in [3.05, 3.63) is 58.3 Å². The van der Waals surface area contributed by atoms with Crippen LogP contribution in [0.5, 0.6) is 0 Å². The van der Waals surface area contributed by atoms with Gasteiger partial charge in [-0.15, -0.1) is 0 Å². The van der Waals surface area contributed by atoms with E-state index < -0.39 is 0 Å². The van der Waals surface area contributed by atoms with Crippen LogP contribution in [0.2, 0.25) is 10.0 Å². The van der Waals surface area contributed by atoms with Crippen LogP contribution < -0.4 is 0 Å². The summed E-state index contributed by atoms with van der Waals surface area (Å²) in [4.78, 5) is 4.24. The molecule has 5 heteroatoms. The highest BCUT2D eigenvalue weighted by molar-refractivity contribution is 6.35. The molecule has 2 heterocycles. The maximum absolute atomic E-state index is 6.16. The van der Waals surface area contributed by atoms with E-state index in [1.807, 2.05) is 28.9 Å². The highest BCUT2D eigenvalue weighted by Gasteiger charge is 2.06. The first-order valence-corrected chi connectivity index (χ1v) is 6.20. The molecule has 0 aliphatic heterocycles. The summed E-state index contributed by atoms with van der Waals surface area (Å²) in [5.41, 5.74) is 2.85. The van der Waals surface area contributed by atoms with Crippen LogP contribution in [0.4, 0.5) is 0 Å². The SMILES string of the molecule is Clc1ccc(Cn2ncc3ncccc32)c(Cl)c1. The average molecular weight is 278 g/mol. The number of rotatable bonds is 2. The molecule has 0 atom stereocenters. The average Bonchev–Trinajstić information content (AvgIpc) is 2.76. The van der Waals surface area contributed by atoms with Gasteiger partial charge in [0.15, 0.2) is 0 Å². The topological polar surface area (TPSA) is 30.7 Å². The molecule has 0 unspecified atom stereocenters. The molecule has 18 heavy (non-hydrogen) atoms. The van der Waals surface area contributed by atoms with E-state index in [1.54, 1.807) is 18.5 Å². The number of hydrogen-bond acceptors (Lipinski definition) is 2. The van der Waals surface area contributed by atoms with Gasteiger partial charge in [-0.2, -0.15) is 5.10 Å². The van der Waals surface area contributed by atoms with Crippen LogP contribution in [-0.2, 0) is 6.54 Å². The normalized spacial score (nSPS) is 11.0. The highest BCUT2D eigenvalue weighted by atomic mass is 35.5. The van der Waals surface area contributed by atoms with Crippen molar-refractivity contribution in [2.24, 2.45) is 0 Å².